The zero-order valence-corrected chi connectivity index (χ0v) is 8.41. The van der Waals surface area contributed by atoms with Crippen molar-refractivity contribution in [3.63, 3.8) is 0 Å². The van der Waals surface area contributed by atoms with Crippen LogP contribution in [0.4, 0.5) is 0 Å². The second-order valence-electron chi connectivity index (χ2n) is 2.89. The molecule has 2 heterocycles. The van der Waals surface area contributed by atoms with E-state index in [4.69, 9.17) is 0 Å². The minimum Gasteiger partial charge on any atom is -0.288 e. The third-order valence-electron chi connectivity index (χ3n) is 1.89. The Hall–Kier alpha value is -1.55. The fourth-order valence-corrected chi connectivity index (χ4v) is 2.04. The van der Waals surface area contributed by atoms with Crippen LogP contribution in [-0.4, -0.2) is 15.8 Å². The SMILES string of the molecule is Cc1ccsc1C(=O)c1cncnc1. The first-order valence-electron chi connectivity index (χ1n) is 4.13. The van der Waals surface area contributed by atoms with E-state index < -0.39 is 0 Å². The predicted octanol–water partition coefficient (Wildman–Crippen LogP) is 2.08. The van der Waals surface area contributed by atoms with E-state index in [1.54, 1.807) is 0 Å². The summed E-state index contributed by atoms with van der Waals surface area (Å²) < 4.78 is 0. The van der Waals surface area contributed by atoms with Gasteiger partial charge in [0.15, 0.2) is 0 Å². The molecule has 0 aromatic carbocycles. The van der Waals surface area contributed by atoms with E-state index in [9.17, 15) is 4.79 Å². The van der Waals surface area contributed by atoms with Gasteiger partial charge in [0.25, 0.3) is 0 Å². The Bertz CT molecular complexity index is 450. The Morgan fingerprint density at radius 2 is 2.07 bits per heavy atom. The Kier molecular flexibility index (Phi) is 2.37. The molecule has 0 N–H and O–H groups in total. The monoisotopic (exact) mass is 204 g/mol. The van der Waals surface area contributed by atoms with E-state index >= 15 is 0 Å². The highest BCUT2D eigenvalue weighted by atomic mass is 32.1. The van der Waals surface area contributed by atoms with Crippen LogP contribution in [0.5, 0.6) is 0 Å². The highest BCUT2D eigenvalue weighted by Gasteiger charge is 2.12. The summed E-state index contributed by atoms with van der Waals surface area (Å²) in [5.41, 5.74) is 1.54. The number of aromatic nitrogens is 2. The maximum Gasteiger partial charge on any atom is 0.206 e. The van der Waals surface area contributed by atoms with Crippen molar-refractivity contribution in [2.75, 3.05) is 0 Å². The van der Waals surface area contributed by atoms with Crippen LogP contribution >= 0.6 is 11.3 Å². The second kappa shape index (κ2) is 3.67. The van der Waals surface area contributed by atoms with Crippen LogP contribution in [0.1, 0.15) is 20.8 Å². The van der Waals surface area contributed by atoms with Crippen LogP contribution in [0.25, 0.3) is 0 Å². The Labute approximate surface area is 85.5 Å². The summed E-state index contributed by atoms with van der Waals surface area (Å²) in [7, 11) is 0. The van der Waals surface area contributed by atoms with E-state index in [2.05, 4.69) is 9.97 Å². The minimum absolute atomic E-state index is 0.00176. The van der Waals surface area contributed by atoms with Crippen molar-refractivity contribution in [1.82, 2.24) is 9.97 Å². The van der Waals surface area contributed by atoms with Crippen molar-refractivity contribution in [2.24, 2.45) is 0 Å². The molecular weight excluding hydrogens is 196 g/mol. The van der Waals surface area contributed by atoms with Gasteiger partial charge in [-0.2, -0.15) is 0 Å². The van der Waals surface area contributed by atoms with Crippen LogP contribution in [-0.2, 0) is 0 Å². The molecule has 0 unspecified atom stereocenters. The number of aryl methyl sites for hydroxylation is 1. The van der Waals surface area contributed by atoms with E-state index in [1.807, 2.05) is 18.4 Å². The number of rotatable bonds is 2. The normalized spacial score (nSPS) is 10.1. The molecule has 4 heteroatoms. The first-order valence-corrected chi connectivity index (χ1v) is 5.01. The van der Waals surface area contributed by atoms with Gasteiger partial charge < -0.3 is 0 Å². The van der Waals surface area contributed by atoms with Crippen LogP contribution in [0.15, 0.2) is 30.2 Å². The maximum absolute atomic E-state index is 11.9. The number of carbonyl (C=O) groups excluding carboxylic acids is 1. The molecule has 0 atom stereocenters. The molecule has 70 valence electrons. The van der Waals surface area contributed by atoms with Crippen molar-refractivity contribution in [1.29, 1.82) is 0 Å². The van der Waals surface area contributed by atoms with E-state index in [-0.39, 0.29) is 5.78 Å². The lowest BCUT2D eigenvalue weighted by atomic mass is 10.1. The average molecular weight is 204 g/mol. The van der Waals surface area contributed by atoms with Crippen molar-refractivity contribution in [3.8, 4) is 0 Å². The molecule has 0 saturated carbocycles. The molecule has 0 fully saturated rings. The maximum atomic E-state index is 11.9. The highest BCUT2D eigenvalue weighted by Crippen LogP contribution is 2.18. The molecule has 0 saturated heterocycles. The lowest BCUT2D eigenvalue weighted by molar-refractivity contribution is 0.104. The second-order valence-corrected chi connectivity index (χ2v) is 3.81. The molecule has 0 radical (unpaired) electrons. The topological polar surface area (TPSA) is 42.9 Å². The summed E-state index contributed by atoms with van der Waals surface area (Å²) in [5.74, 6) is -0.00176. The van der Waals surface area contributed by atoms with E-state index in [1.165, 1.54) is 30.1 Å². The molecule has 0 bridgehead atoms. The summed E-state index contributed by atoms with van der Waals surface area (Å²) >= 11 is 1.45. The van der Waals surface area contributed by atoms with Gasteiger partial charge in [-0.05, 0) is 23.9 Å². The summed E-state index contributed by atoms with van der Waals surface area (Å²) in [6, 6.07) is 1.93. The van der Waals surface area contributed by atoms with Crippen LogP contribution in [0.2, 0.25) is 0 Å². The van der Waals surface area contributed by atoms with Crippen molar-refractivity contribution in [3.05, 3.63) is 46.2 Å². The van der Waals surface area contributed by atoms with E-state index in [0.29, 0.717) is 5.56 Å². The first-order chi connectivity index (χ1) is 6.79. The number of carbonyl (C=O) groups is 1. The van der Waals surface area contributed by atoms with Gasteiger partial charge >= 0.3 is 0 Å². The van der Waals surface area contributed by atoms with Crippen LogP contribution in [0.3, 0.4) is 0 Å². The Balaban J connectivity index is 2.39. The van der Waals surface area contributed by atoms with Gasteiger partial charge in [0.05, 0.1) is 10.4 Å². The van der Waals surface area contributed by atoms with Gasteiger partial charge in [-0.15, -0.1) is 11.3 Å². The van der Waals surface area contributed by atoms with Crippen molar-refractivity contribution < 1.29 is 4.79 Å². The van der Waals surface area contributed by atoms with Crippen molar-refractivity contribution >= 4 is 17.1 Å². The predicted molar refractivity (Wildman–Crippen MR) is 54.5 cm³/mol. The summed E-state index contributed by atoms with van der Waals surface area (Å²) in [6.07, 6.45) is 4.49. The lowest BCUT2D eigenvalue weighted by Crippen LogP contribution is -2.01. The van der Waals surface area contributed by atoms with Gasteiger partial charge in [-0.25, -0.2) is 9.97 Å². The minimum atomic E-state index is -0.00176. The molecule has 0 aliphatic heterocycles. The molecular formula is C10H8N2OS. The fraction of sp³-hybridized carbons (Fsp3) is 0.100. The van der Waals surface area contributed by atoms with Crippen LogP contribution in [0, 0.1) is 6.92 Å². The number of hydrogen-bond acceptors (Lipinski definition) is 4. The quantitative estimate of drug-likeness (QED) is 0.703. The molecule has 0 amide bonds. The Morgan fingerprint density at radius 3 is 2.64 bits per heavy atom. The number of thiophene rings is 1. The van der Waals surface area contributed by atoms with Gasteiger partial charge in [-0.3, -0.25) is 4.79 Å². The summed E-state index contributed by atoms with van der Waals surface area (Å²) in [6.45, 7) is 1.92. The molecule has 0 spiro atoms. The standard InChI is InChI=1S/C10H8N2OS/c1-7-2-3-14-10(7)9(13)8-4-11-6-12-5-8/h2-6H,1H3. The number of ketones is 1. The lowest BCUT2D eigenvalue weighted by Gasteiger charge is -1.97. The highest BCUT2D eigenvalue weighted by molar-refractivity contribution is 7.12. The molecule has 0 aliphatic carbocycles. The summed E-state index contributed by atoms with van der Waals surface area (Å²) in [5, 5.41) is 1.91. The largest absolute Gasteiger partial charge is 0.288 e. The fourth-order valence-electron chi connectivity index (χ4n) is 1.15. The molecule has 2 aromatic rings. The Morgan fingerprint density at radius 1 is 1.36 bits per heavy atom. The van der Waals surface area contributed by atoms with Gasteiger partial charge in [-0.1, -0.05) is 0 Å². The molecule has 2 rings (SSSR count). The van der Waals surface area contributed by atoms with Crippen molar-refractivity contribution in [2.45, 2.75) is 6.92 Å². The summed E-state index contributed by atoms with van der Waals surface area (Å²) in [4.78, 5) is 20.3. The van der Waals surface area contributed by atoms with Gasteiger partial charge in [0.1, 0.15) is 6.33 Å². The van der Waals surface area contributed by atoms with Gasteiger partial charge in [0, 0.05) is 12.4 Å². The van der Waals surface area contributed by atoms with Crippen LogP contribution < -0.4 is 0 Å². The zero-order chi connectivity index (χ0) is 9.97. The molecule has 2 aromatic heterocycles. The zero-order valence-electron chi connectivity index (χ0n) is 7.60. The van der Waals surface area contributed by atoms with Gasteiger partial charge in [0.2, 0.25) is 5.78 Å². The molecule has 3 nitrogen and oxygen atoms in total. The third kappa shape index (κ3) is 1.56. The number of nitrogens with zero attached hydrogens (tertiary/aromatic N) is 2. The molecule has 0 aliphatic rings. The average Bonchev–Trinajstić information content (AvgIpc) is 2.65. The van der Waals surface area contributed by atoms with E-state index in [0.717, 1.165) is 10.4 Å². The number of hydrogen-bond donors (Lipinski definition) is 0. The smallest absolute Gasteiger partial charge is 0.206 e. The first kappa shape index (κ1) is 9.02. The third-order valence-corrected chi connectivity index (χ3v) is 2.91. The molecule has 14 heavy (non-hydrogen) atoms.